The topological polar surface area (TPSA) is 81.9 Å². The van der Waals surface area contributed by atoms with Crippen molar-refractivity contribution in [2.24, 2.45) is 0 Å². The lowest BCUT2D eigenvalue weighted by atomic mass is 10.2. The first-order valence-corrected chi connectivity index (χ1v) is 11.1. The Morgan fingerprint density at radius 2 is 1.97 bits per heavy atom. The number of pyridine rings is 1. The fraction of sp³-hybridized carbons (Fsp3) is 0.333. The zero-order valence-corrected chi connectivity index (χ0v) is 18.7. The van der Waals surface area contributed by atoms with Crippen LogP contribution >= 0.6 is 23.4 Å². The zero-order valence-electron chi connectivity index (χ0n) is 17.1. The van der Waals surface area contributed by atoms with E-state index >= 15 is 0 Å². The number of nitrogens with zero attached hydrogens (tertiary/aromatic N) is 4. The van der Waals surface area contributed by atoms with Crippen LogP contribution in [0, 0.1) is 0 Å². The fourth-order valence-corrected chi connectivity index (χ4v) is 3.75. The zero-order chi connectivity index (χ0) is 21.5. The number of hydrogen-bond donors (Lipinski definition) is 1. The highest BCUT2D eigenvalue weighted by Gasteiger charge is 2.19. The number of nitrogens with one attached hydrogen (secondary N) is 1. The summed E-state index contributed by atoms with van der Waals surface area (Å²) in [5, 5.41) is 12.5. The van der Waals surface area contributed by atoms with Gasteiger partial charge in [0.1, 0.15) is 11.6 Å². The molecule has 158 valence electrons. The number of aryl methyl sites for hydroxylation is 1. The van der Waals surface area contributed by atoms with E-state index < -0.39 is 0 Å². The lowest BCUT2D eigenvalue weighted by Crippen LogP contribution is -2.16. The molecule has 3 aromatic rings. The van der Waals surface area contributed by atoms with Gasteiger partial charge in [0.25, 0.3) is 0 Å². The van der Waals surface area contributed by atoms with Crippen molar-refractivity contribution < 1.29 is 9.53 Å². The van der Waals surface area contributed by atoms with E-state index in [9.17, 15) is 4.79 Å². The van der Waals surface area contributed by atoms with E-state index in [-0.39, 0.29) is 17.8 Å². The Morgan fingerprint density at radius 1 is 1.20 bits per heavy atom. The van der Waals surface area contributed by atoms with Crippen LogP contribution in [0.2, 0.25) is 5.02 Å². The molecular weight excluding hydrogens is 422 g/mol. The van der Waals surface area contributed by atoms with Crippen molar-refractivity contribution in [3.63, 3.8) is 0 Å². The third-order valence-corrected chi connectivity index (χ3v) is 5.59. The molecular formula is C21H24ClN5O2S. The van der Waals surface area contributed by atoms with Crippen LogP contribution in [0.3, 0.4) is 0 Å². The normalized spacial score (nSPS) is 11.9. The number of rotatable bonds is 9. The molecule has 1 amide bonds. The summed E-state index contributed by atoms with van der Waals surface area (Å²) in [5.41, 5.74) is 1.26. The SMILES string of the molecule is CCc1ccc(OC(C)c2nnc(SCC(=O)Nc3ccc(Cl)cn3)n2CC)cc1. The molecule has 2 aromatic heterocycles. The Morgan fingerprint density at radius 3 is 2.60 bits per heavy atom. The van der Waals surface area contributed by atoms with Crippen molar-refractivity contribution in [2.45, 2.75) is 45.0 Å². The number of carbonyl (C=O) groups excluding carboxylic acids is 1. The first kappa shape index (κ1) is 22.1. The molecule has 0 spiro atoms. The molecule has 0 aliphatic rings. The van der Waals surface area contributed by atoms with E-state index in [1.54, 1.807) is 12.1 Å². The summed E-state index contributed by atoms with van der Waals surface area (Å²) in [4.78, 5) is 16.3. The Bertz CT molecular complexity index is 976. The predicted octanol–water partition coefficient (Wildman–Crippen LogP) is 4.78. The molecule has 30 heavy (non-hydrogen) atoms. The van der Waals surface area contributed by atoms with Crippen molar-refractivity contribution in [1.82, 2.24) is 19.7 Å². The maximum absolute atomic E-state index is 12.2. The summed E-state index contributed by atoms with van der Waals surface area (Å²) >= 11 is 7.13. The molecule has 0 fully saturated rings. The standard InChI is InChI=1S/C21H24ClN5O2S/c1-4-15-6-9-17(10-7-15)29-14(3)20-25-26-21(27(20)5-2)30-13-19(28)24-18-11-8-16(22)12-23-18/h6-12,14H,4-5,13H2,1-3H3,(H,23,24,28). The van der Waals surface area contributed by atoms with Crippen molar-refractivity contribution >= 4 is 35.1 Å². The minimum absolute atomic E-state index is 0.178. The van der Waals surface area contributed by atoms with E-state index in [1.165, 1.54) is 23.5 Å². The van der Waals surface area contributed by atoms with E-state index in [4.69, 9.17) is 16.3 Å². The van der Waals surface area contributed by atoms with E-state index in [2.05, 4.69) is 39.6 Å². The number of ether oxygens (including phenoxy) is 1. The number of hydrogen-bond acceptors (Lipinski definition) is 6. The average Bonchev–Trinajstić information content (AvgIpc) is 3.17. The van der Waals surface area contributed by atoms with Gasteiger partial charge < -0.3 is 14.6 Å². The quantitative estimate of drug-likeness (QED) is 0.477. The number of anilines is 1. The smallest absolute Gasteiger partial charge is 0.236 e. The van der Waals surface area contributed by atoms with E-state index in [0.717, 1.165) is 18.0 Å². The first-order chi connectivity index (χ1) is 14.5. The van der Waals surface area contributed by atoms with Gasteiger partial charge in [-0.25, -0.2) is 4.98 Å². The first-order valence-electron chi connectivity index (χ1n) is 9.73. The van der Waals surface area contributed by atoms with Crippen LogP contribution in [0.5, 0.6) is 5.75 Å². The molecule has 1 N–H and O–H groups in total. The molecule has 0 saturated carbocycles. The molecule has 0 aliphatic heterocycles. The van der Waals surface area contributed by atoms with E-state index in [1.807, 2.05) is 30.5 Å². The highest BCUT2D eigenvalue weighted by molar-refractivity contribution is 7.99. The largest absolute Gasteiger partial charge is 0.483 e. The molecule has 0 aliphatic carbocycles. The molecule has 0 radical (unpaired) electrons. The number of halogens is 1. The summed E-state index contributed by atoms with van der Waals surface area (Å²) < 4.78 is 8.00. The number of amides is 1. The molecule has 0 saturated heterocycles. The summed E-state index contributed by atoms with van der Waals surface area (Å²) in [6.07, 6.45) is 2.20. The van der Waals surface area contributed by atoms with Gasteiger partial charge in [0, 0.05) is 12.7 Å². The maximum atomic E-state index is 12.2. The average molecular weight is 446 g/mol. The van der Waals surface area contributed by atoms with Crippen LogP contribution in [0.1, 0.15) is 38.3 Å². The molecule has 3 rings (SSSR count). The minimum Gasteiger partial charge on any atom is -0.483 e. The Balaban J connectivity index is 1.61. The van der Waals surface area contributed by atoms with Gasteiger partial charge in [-0.3, -0.25) is 4.79 Å². The van der Waals surface area contributed by atoms with Crippen LogP contribution in [-0.2, 0) is 17.8 Å². The molecule has 1 atom stereocenters. The van der Waals surface area contributed by atoms with Gasteiger partial charge in [0.05, 0.1) is 10.8 Å². The summed E-state index contributed by atoms with van der Waals surface area (Å²) in [5.74, 6) is 1.98. The van der Waals surface area contributed by atoms with Gasteiger partial charge in [-0.1, -0.05) is 42.4 Å². The van der Waals surface area contributed by atoms with Gasteiger partial charge in [-0.15, -0.1) is 10.2 Å². The van der Waals surface area contributed by atoms with Crippen LogP contribution in [-0.4, -0.2) is 31.4 Å². The molecule has 1 unspecified atom stereocenters. The number of benzene rings is 1. The summed E-state index contributed by atoms with van der Waals surface area (Å²) in [6.45, 7) is 6.75. The lowest BCUT2D eigenvalue weighted by Gasteiger charge is -2.15. The van der Waals surface area contributed by atoms with Crippen molar-refractivity contribution in [3.05, 3.63) is 59.0 Å². The van der Waals surface area contributed by atoms with Crippen LogP contribution < -0.4 is 10.1 Å². The Hall–Kier alpha value is -2.58. The summed E-state index contributed by atoms with van der Waals surface area (Å²) in [7, 11) is 0. The van der Waals surface area contributed by atoms with Crippen LogP contribution in [0.4, 0.5) is 5.82 Å². The molecule has 7 nitrogen and oxygen atoms in total. The monoisotopic (exact) mass is 445 g/mol. The van der Waals surface area contributed by atoms with Crippen molar-refractivity contribution in [1.29, 1.82) is 0 Å². The Labute approximate surface area is 185 Å². The predicted molar refractivity (Wildman–Crippen MR) is 119 cm³/mol. The van der Waals surface area contributed by atoms with Crippen molar-refractivity contribution in [2.75, 3.05) is 11.1 Å². The fourth-order valence-electron chi connectivity index (χ4n) is 2.82. The van der Waals surface area contributed by atoms with Crippen molar-refractivity contribution in [3.8, 4) is 5.75 Å². The van der Waals surface area contributed by atoms with Crippen LogP contribution in [0.15, 0.2) is 47.8 Å². The Kier molecular flexibility index (Phi) is 7.70. The lowest BCUT2D eigenvalue weighted by molar-refractivity contribution is -0.113. The molecule has 2 heterocycles. The van der Waals surface area contributed by atoms with Gasteiger partial charge in [-0.2, -0.15) is 0 Å². The second-order valence-corrected chi connectivity index (χ2v) is 7.92. The van der Waals surface area contributed by atoms with E-state index in [0.29, 0.717) is 22.5 Å². The second kappa shape index (κ2) is 10.4. The van der Waals surface area contributed by atoms with Gasteiger partial charge in [0.2, 0.25) is 5.91 Å². The molecule has 0 bridgehead atoms. The number of thioether (sulfide) groups is 1. The van der Waals surface area contributed by atoms with Gasteiger partial charge >= 0.3 is 0 Å². The number of aromatic nitrogens is 4. The van der Waals surface area contributed by atoms with Crippen LogP contribution in [0.25, 0.3) is 0 Å². The summed E-state index contributed by atoms with van der Waals surface area (Å²) in [6, 6.07) is 11.4. The minimum atomic E-state index is -0.272. The molecule has 1 aromatic carbocycles. The van der Waals surface area contributed by atoms with Gasteiger partial charge in [-0.05, 0) is 50.1 Å². The third kappa shape index (κ3) is 5.73. The van der Waals surface area contributed by atoms with Gasteiger partial charge in [0.15, 0.2) is 17.1 Å². The third-order valence-electron chi connectivity index (χ3n) is 4.40. The second-order valence-electron chi connectivity index (χ2n) is 6.54. The molecule has 9 heteroatoms. The highest BCUT2D eigenvalue weighted by atomic mass is 35.5. The number of carbonyl (C=O) groups is 1. The maximum Gasteiger partial charge on any atom is 0.236 e. The highest BCUT2D eigenvalue weighted by Crippen LogP contribution is 2.25.